The van der Waals surface area contributed by atoms with Gasteiger partial charge in [0, 0.05) is 16.3 Å². The smallest absolute Gasteiger partial charge is 0.160 e. The molecule has 3 rings (SSSR count). The van der Waals surface area contributed by atoms with E-state index in [1.807, 2.05) is 42.5 Å². The summed E-state index contributed by atoms with van der Waals surface area (Å²) in [5.41, 5.74) is 2.32. The number of hydrogen-bond acceptors (Lipinski definition) is 2. The number of rotatable bonds is 1. The van der Waals surface area contributed by atoms with E-state index >= 15 is 0 Å². The fourth-order valence-electron chi connectivity index (χ4n) is 2.07. The van der Waals surface area contributed by atoms with Crippen molar-refractivity contribution in [2.75, 3.05) is 0 Å². The molecule has 0 unspecified atom stereocenters. The molecular formula is C14H10O2. The second-order valence-corrected chi connectivity index (χ2v) is 3.83. The highest BCUT2D eigenvalue weighted by Crippen LogP contribution is 2.31. The van der Waals surface area contributed by atoms with Crippen LogP contribution < -0.4 is 0 Å². The second kappa shape index (κ2) is 3.20. The predicted molar refractivity (Wildman–Crippen MR) is 63.7 cm³/mol. The highest BCUT2D eigenvalue weighted by Gasteiger charge is 2.12. The highest BCUT2D eigenvalue weighted by atomic mass is 16.3. The maximum Gasteiger partial charge on any atom is 0.160 e. The number of carbonyl (C=O) groups excluding carboxylic acids is 1. The van der Waals surface area contributed by atoms with Crippen LogP contribution in [0.4, 0.5) is 0 Å². The lowest BCUT2D eigenvalue weighted by molar-refractivity contribution is 0.101. The fourth-order valence-corrected chi connectivity index (χ4v) is 2.07. The molecule has 0 fully saturated rings. The van der Waals surface area contributed by atoms with Crippen LogP contribution in [0, 0.1) is 0 Å². The van der Waals surface area contributed by atoms with E-state index in [0.29, 0.717) is 0 Å². The largest absolute Gasteiger partial charge is 0.456 e. The molecule has 0 saturated carbocycles. The fraction of sp³-hybridized carbons (Fsp3) is 0.0714. The van der Waals surface area contributed by atoms with Crippen molar-refractivity contribution >= 4 is 27.7 Å². The number of para-hydroxylation sites is 1. The summed E-state index contributed by atoms with van der Waals surface area (Å²) < 4.78 is 5.69. The third-order valence-electron chi connectivity index (χ3n) is 2.78. The van der Waals surface area contributed by atoms with Gasteiger partial charge in [-0.3, -0.25) is 4.79 Å². The summed E-state index contributed by atoms with van der Waals surface area (Å²) in [6.07, 6.45) is 0. The Balaban J connectivity index is 2.57. The van der Waals surface area contributed by atoms with E-state index in [-0.39, 0.29) is 5.78 Å². The van der Waals surface area contributed by atoms with Crippen LogP contribution in [-0.4, -0.2) is 5.78 Å². The van der Waals surface area contributed by atoms with Gasteiger partial charge in [-0.05, 0) is 19.1 Å². The average molecular weight is 210 g/mol. The summed E-state index contributed by atoms with van der Waals surface area (Å²) in [5, 5.41) is 1.92. The lowest BCUT2D eigenvalue weighted by Crippen LogP contribution is -1.91. The zero-order valence-electron chi connectivity index (χ0n) is 8.86. The molecular weight excluding hydrogens is 200 g/mol. The molecule has 0 radical (unpaired) electrons. The average Bonchev–Trinajstić information content (AvgIpc) is 2.66. The van der Waals surface area contributed by atoms with Gasteiger partial charge in [-0.1, -0.05) is 30.3 Å². The van der Waals surface area contributed by atoms with Crippen LogP contribution in [0.2, 0.25) is 0 Å². The van der Waals surface area contributed by atoms with E-state index in [9.17, 15) is 4.79 Å². The Morgan fingerprint density at radius 2 is 1.75 bits per heavy atom. The molecule has 0 aliphatic rings. The molecule has 1 heterocycles. The van der Waals surface area contributed by atoms with E-state index in [0.717, 1.165) is 27.5 Å². The number of ketones is 1. The monoisotopic (exact) mass is 210 g/mol. The first-order valence-electron chi connectivity index (χ1n) is 5.18. The number of benzene rings is 2. The number of fused-ring (bicyclic) bond motifs is 3. The van der Waals surface area contributed by atoms with Gasteiger partial charge in [-0.15, -0.1) is 0 Å². The van der Waals surface area contributed by atoms with E-state index in [1.54, 1.807) is 6.92 Å². The van der Waals surface area contributed by atoms with Crippen LogP contribution in [0.3, 0.4) is 0 Å². The molecule has 0 aliphatic heterocycles. The molecule has 78 valence electrons. The SMILES string of the molecule is CC(=O)c1cccc2oc3ccccc3c12. The Labute approximate surface area is 92.5 Å². The molecule has 0 spiro atoms. The first-order valence-corrected chi connectivity index (χ1v) is 5.18. The molecule has 1 aromatic heterocycles. The Hall–Kier alpha value is -2.09. The molecule has 2 heteroatoms. The maximum atomic E-state index is 11.6. The highest BCUT2D eigenvalue weighted by molar-refractivity contribution is 6.16. The van der Waals surface area contributed by atoms with Crippen molar-refractivity contribution in [1.82, 2.24) is 0 Å². The topological polar surface area (TPSA) is 30.2 Å². The van der Waals surface area contributed by atoms with Gasteiger partial charge in [-0.2, -0.15) is 0 Å². The van der Waals surface area contributed by atoms with Crippen LogP contribution in [0.5, 0.6) is 0 Å². The number of furan rings is 1. The Morgan fingerprint density at radius 1 is 1.00 bits per heavy atom. The normalized spacial score (nSPS) is 11.1. The molecule has 0 aliphatic carbocycles. The molecule has 0 amide bonds. The molecule has 0 bridgehead atoms. The lowest BCUT2D eigenvalue weighted by atomic mass is 10.0. The van der Waals surface area contributed by atoms with E-state index in [4.69, 9.17) is 4.42 Å². The number of carbonyl (C=O) groups is 1. The molecule has 2 aromatic carbocycles. The van der Waals surface area contributed by atoms with Gasteiger partial charge in [0.2, 0.25) is 0 Å². The predicted octanol–water partition coefficient (Wildman–Crippen LogP) is 3.79. The van der Waals surface area contributed by atoms with Gasteiger partial charge in [0.15, 0.2) is 5.78 Å². The van der Waals surface area contributed by atoms with Crippen LogP contribution >= 0.6 is 0 Å². The maximum absolute atomic E-state index is 11.6. The van der Waals surface area contributed by atoms with Crippen molar-refractivity contribution < 1.29 is 9.21 Å². The Bertz CT molecular complexity index is 692. The van der Waals surface area contributed by atoms with Crippen molar-refractivity contribution in [2.45, 2.75) is 6.92 Å². The van der Waals surface area contributed by atoms with Gasteiger partial charge in [0.25, 0.3) is 0 Å². The summed E-state index contributed by atoms with van der Waals surface area (Å²) >= 11 is 0. The minimum Gasteiger partial charge on any atom is -0.456 e. The molecule has 16 heavy (non-hydrogen) atoms. The zero-order valence-corrected chi connectivity index (χ0v) is 8.86. The van der Waals surface area contributed by atoms with Crippen molar-refractivity contribution in [1.29, 1.82) is 0 Å². The lowest BCUT2D eigenvalue weighted by Gasteiger charge is -1.96. The van der Waals surface area contributed by atoms with Crippen molar-refractivity contribution in [3.05, 3.63) is 48.0 Å². The summed E-state index contributed by atoms with van der Waals surface area (Å²) in [7, 11) is 0. The molecule has 0 saturated heterocycles. The van der Waals surface area contributed by atoms with Crippen LogP contribution in [0.1, 0.15) is 17.3 Å². The van der Waals surface area contributed by atoms with Gasteiger partial charge >= 0.3 is 0 Å². The van der Waals surface area contributed by atoms with Crippen LogP contribution in [0.25, 0.3) is 21.9 Å². The van der Waals surface area contributed by atoms with E-state index < -0.39 is 0 Å². The minimum atomic E-state index is 0.0668. The first kappa shape index (κ1) is 9.16. The zero-order chi connectivity index (χ0) is 11.1. The third-order valence-corrected chi connectivity index (χ3v) is 2.78. The van der Waals surface area contributed by atoms with Gasteiger partial charge in [0.1, 0.15) is 11.2 Å². The summed E-state index contributed by atoms with van der Waals surface area (Å²) in [4.78, 5) is 11.6. The van der Waals surface area contributed by atoms with E-state index in [1.165, 1.54) is 0 Å². The van der Waals surface area contributed by atoms with Gasteiger partial charge < -0.3 is 4.42 Å². The van der Waals surface area contributed by atoms with Crippen molar-refractivity contribution in [3.8, 4) is 0 Å². The van der Waals surface area contributed by atoms with Crippen molar-refractivity contribution in [3.63, 3.8) is 0 Å². The van der Waals surface area contributed by atoms with Crippen LogP contribution in [-0.2, 0) is 0 Å². The second-order valence-electron chi connectivity index (χ2n) is 3.83. The number of hydrogen-bond donors (Lipinski definition) is 0. The minimum absolute atomic E-state index is 0.0668. The molecule has 2 nitrogen and oxygen atoms in total. The number of Topliss-reactive ketones (excluding diaryl/α,β-unsaturated/α-hetero) is 1. The molecule has 0 atom stereocenters. The van der Waals surface area contributed by atoms with Gasteiger partial charge in [-0.25, -0.2) is 0 Å². The standard InChI is InChI=1S/C14H10O2/c1-9(15)10-6-4-8-13-14(10)11-5-2-3-7-12(11)16-13/h2-8H,1H3. The quantitative estimate of drug-likeness (QED) is 0.572. The third kappa shape index (κ3) is 1.16. The Kier molecular flexibility index (Phi) is 1.83. The first-order chi connectivity index (χ1) is 7.77. The van der Waals surface area contributed by atoms with Crippen molar-refractivity contribution in [2.24, 2.45) is 0 Å². The van der Waals surface area contributed by atoms with Gasteiger partial charge in [0.05, 0.1) is 0 Å². The molecule has 3 aromatic rings. The summed E-state index contributed by atoms with van der Waals surface area (Å²) in [6.45, 7) is 1.58. The van der Waals surface area contributed by atoms with Crippen LogP contribution in [0.15, 0.2) is 46.9 Å². The van der Waals surface area contributed by atoms with E-state index in [2.05, 4.69) is 0 Å². The Morgan fingerprint density at radius 3 is 2.56 bits per heavy atom. The summed E-state index contributed by atoms with van der Waals surface area (Å²) in [6, 6.07) is 13.4. The summed E-state index contributed by atoms with van der Waals surface area (Å²) in [5.74, 6) is 0.0668. The molecule has 0 N–H and O–H groups in total.